The van der Waals surface area contributed by atoms with Gasteiger partial charge >= 0.3 is 0 Å². The van der Waals surface area contributed by atoms with Crippen molar-refractivity contribution >= 4 is 0 Å². The quantitative estimate of drug-likeness (QED) is 0.569. The Bertz CT molecular complexity index is 119. The van der Waals surface area contributed by atoms with Crippen molar-refractivity contribution < 1.29 is 5.32 Å². The molecule has 1 fully saturated rings. The number of hydrogen-bond acceptors (Lipinski definition) is 2. The molecule has 1 aliphatic heterocycles. The van der Waals surface area contributed by atoms with Crippen molar-refractivity contribution in [2.75, 3.05) is 52.9 Å². The average Bonchev–Trinajstić information content (AvgIpc) is 2.15. The first-order valence-corrected chi connectivity index (χ1v) is 5.55. The Morgan fingerprint density at radius 2 is 1.85 bits per heavy atom. The molecule has 0 aliphatic carbocycles. The molecular weight excluding hydrogens is 162 g/mol. The van der Waals surface area contributed by atoms with Gasteiger partial charge < -0.3 is 15.1 Å². The maximum Gasteiger partial charge on any atom is 0.0767 e. The minimum atomic E-state index is 1.22. The van der Waals surface area contributed by atoms with E-state index in [0.29, 0.717) is 0 Å². The number of nitrogens with zero attached hydrogens (tertiary/aromatic N) is 2. The van der Waals surface area contributed by atoms with Crippen LogP contribution >= 0.6 is 0 Å². The highest BCUT2D eigenvalue weighted by atomic mass is 15.2. The molecule has 1 saturated heterocycles. The monoisotopic (exact) mass is 186 g/mol. The van der Waals surface area contributed by atoms with Gasteiger partial charge in [0, 0.05) is 39.1 Å². The van der Waals surface area contributed by atoms with Crippen molar-refractivity contribution in [2.45, 2.75) is 13.3 Å². The van der Waals surface area contributed by atoms with Crippen LogP contribution in [0, 0.1) is 0 Å². The zero-order chi connectivity index (χ0) is 9.52. The number of hydrogen-bond donors (Lipinski definition) is 1. The van der Waals surface area contributed by atoms with Crippen LogP contribution in [0.3, 0.4) is 0 Å². The lowest BCUT2D eigenvalue weighted by Gasteiger charge is -2.32. The minimum absolute atomic E-state index is 1.22. The highest BCUT2D eigenvalue weighted by Crippen LogP contribution is 1.98. The predicted molar refractivity (Wildman–Crippen MR) is 55.9 cm³/mol. The third-order valence-electron chi connectivity index (χ3n) is 2.77. The van der Waals surface area contributed by atoms with Crippen LogP contribution in [0.25, 0.3) is 0 Å². The molecule has 0 aromatic carbocycles. The second-order valence-electron chi connectivity index (χ2n) is 3.98. The molecule has 78 valence electrons. The molecule has 3 heteroatoms. The summed E-state index contributed by atoms with van der Waals surface area (Å²) in [5, 5.41) is 2.38. The Morgan fingerprint density at radius 1 is 1.15 bits per heavy atom. The molecule has 0 saturated carbocycles. The summed E-state index contributed by atoms with van der Waals surface area (Å²) in [5.41, 5.74) is 0. The van der Waals surface area contributed by atoms with Crippen molar-refractivity contribution in [3.05, 3.63) is 0 Å². The zero-order valence-electron chi connectivity index (χ0n) is 9.13. The molecule has 0 spiro atoms. The Morgan fingerprint density at radius 3 is 2.46 bits per heavy atom. The molecule has 2 N–H and O–H groups in total. The SMILES string of the molecule is CC[NH2+]CCCN1CCN(C)CC1. The standard InChI is InChI=1S/C10H23N3/c1-3-11-5-4-6-13-9-7-12(2)8-10-13/h11H,3-10H2,1-2H3/p+1. The summed E-state index contributed by atoms with van der Waals surface area (Å²) in [6.07, 6.45) is 1.34. The van der Waals surface area contributed by atoms with E-state index in [2.05, 4.69) is 29.1 Å². The van der Waals surface area contributed by atoms with Gasteiger partial charge in [0.1, 0.15) is 0 Å². The zero-order valence-corrected chi connectivity index (χ0v) is 9.13. The summed E-state index contributed by atoms with van der Waals surface area (Å²) in [5.74, 6) is 0. The van der Waals surface area contributed by atoms with Gasteiger partial charge in [-0.2, -0.15) is 0 Å². The van der Waals surface area contributed by atoms with Crippen molar-refractivity contribution in [3.63, 3.8) is 0 Å². The van der Waals surface area contributed by atoms with E-state index in [1.54, 1.807) is 0 Å². The highest BCUT2D eigenvalue weighted by Gasteiger charge is 2.12. The van der Waals surface area contributed by atoms with E-state index in [1.807, 2.05) is 0 Å². The summed E-state index contributed by atoms with van der Waals surface area (Å²) in [6, 6.07) is 0. The maximum absolute atomic E-state index is 2.59. The maximum atomic E-state index is 2.59. The number of likely N-dealkylation sites (N-methyl/N-ethyl adjacent to an activating group) is 1. The van der Waals surface area contributed by atoms with Crippen LogP contribution in [-0.4, -0.2) is 62.7 Å². The lowest BCUT2D eigenvalue weighted by molar-refractivity contribution is -0.651. The van der Waals surface area contributed by atoms with Crippen LogP contribution in [0.5, 0.6) is 0 Å². The van der Waals surface area contributed by atoms with Gasteiger partial charge in [0.25, 0.3) is 0 Å². The Balaban J connectivity index is 1.96. The number of rotatable bonds is 5. The lowest BCUT2D eigenvalue weighted by Crippen LogP contribution is -2.83. The number of quaternary nitrogens is 1. The summed E-state index contributed by atoms with van der Waals surface area (Å²) in [4.78, 5) is 5.00. The molecule has 1 rings (SSSR count). The second-order valence-corrected chi connectivity index (χ2v) is 3.98. The topological polar surface area (TPSA) is 23.1 Å². The van der Waals surface area contributed by atoms with Crippen LogP contribution in [0.4, 0.5) is 0 Å². The van der Waals surface area contributed by atoms with Crippen molar-refractivity contribution in [2.24, 2.45) is 0 Å². The molecule has 13 heavy (non-hydrogen) atoms. The van der Waals surface area contributed by atoms with Gasteiger partial charge in [-0.3, -0.25) is 0 Å². The molecule has 0 amide bonds. The Hall–Kier alpha value is -0.120. The van der Waals surface area contributed by atoms with Gasteiger partial charge in [0.2, 0.25) is 0 Å². The Labute approximate surface area is 82.1 Å². The van der Waals surface area contributed by atoms with E-state index in [0.717, 1.165) is 0 Å². The van der Waals surface area contributed by atoms with Crippen molar-refractivity contribution in [1.82, 2.24) is 9.80 Å². The van der Waals surface area contributed by atoms with E-state index < -0.39 is 0 Å². The molecule has 1 aliphatic rings. The molecule has 0 unspecified atom stereocenters. The normalized spacial score (nSPS) is 20.8. The molecule has 0 aromatic rings. The minimum Gasteiger partial charge on any atom is -0.346 e. The van der Waals surface area contributed by atoms with Gasteiger partial charge in [0.15, 0.2) is 0 Å². The molecule has 0 aromatic heterocycles. The molecule has 1 heterocycles. The summed E-state index contributed by atoms with van der Waals surface area (Å²) < 4.78 is 0. The Kier molecular flexibility index (Phi) is 5.35. The van der Waals surface area contributed by atoms with Gasteiger partial charge in [-0.1, -0.05) is 0 Å². The van der Waals surface area contributed by atoms with Crippen LogP contribution in [0.2, 0.25) is 0 Å². The highest BCUT2D eigenvalue weighted by molar-refractivity contribution is 4.68. The largest absolute Gasteiger partial charge is 0.346 e. The fourth-order valence-corrected chi connectivity index (χ4v) is 1.73. The van der Waals surface area contributed by atoms with E-state index in [1.165, 1.54) is 52.2 Å². The fraction of sp³-hybridized carbons (Fsp3) is 1.00. The molecule has 0 radical (unpaired) electrons. The first kappa shape index (κ1) is 11.0. The van der Waals surface area contributed by atoms with Crippen LogP contribution in [0.1, 0.15) is 13.3 Å². The lowest BCUT2D eigenvalue weighted by atomic mass is 10.3. The fourth-order valence-electron chi connectivity index (χ4n) is 1.73. The summed E-state index contributed by atoms with van der Waals surface area (Å²) in [7, 11) is 2.21. The van der Waals surface area contributed by atoms with Crippen molar-refractivity contribution in [1.29, 1.82) is 0 Å². The third kappa shape index (κ3) is 4.60. The number of nitrogens with two attached hydrogens (primary N) is 1. The summed E-state index contributed by atoms with van der Waals surface area (Å²) >= 11 is 0. The van der Waals surface area contributed by atoms with Gasteiger partial charge in [-0.05, 0) is 14.0 Å². The van der Waals surface area contributed by atoms with Crippen molar-refractivity contribution in [3.8, 4) is 0 Å². The smallest absolute Gasteiger partial charge is 0.0767 e. The first-order chi connectivity index (χ1) is 6.33. The van der Waals surface area contributed by atoms with Crippen LogP contribution in [-0.2, 0) is 0 Å². The molecular formula is C10H24N3+. The van der Waals surface area contributed by atoms with E-state index >= 15 is 0 Å². The first-order valence-electron chi connectivity index (χ1n) is 5.55. The average molecular weight is 186 g/mol. The van der Waals surface area contributed by atoms with Crippen LogP contribution in [0.15, 0.2) is 0 Å². The second kappa shape index (κ2) is 6.35. The number of piperazine rings is 1. The van der Waals surface area contributed by atoms with Crippen LogP contribution < -0.4 is 5.32 Å². The summed E-state index contributed by atoms with van der Waals surface area (Å²) in [6.45, 7) is 11.1. The third-order valence-corrected chi connectivity index (χ3v) is 2.77. The van der Waals surface area contributed by atoms with Gasteiger partial charge in [0.05, 0.1) is 13.1 Å². The molecule has 0 atom stereocenters. The van der Waals surface area contributed by atoms with E-state index in [9.17, 15) is 0 Å². The predicted octanol–water partition coefficient (Wildman–Crippen LogP) is -0.793. The van der Waals surface area contributed by atoms with E-state index in [-0.39, 0.29) is 0 Å². The molecule has 0 bridgehead atoms. The van der Waals surface area contributed by atoms with Gasteiger partial charge in [-0.15, -0.1) is 0 Å². The van der Waals surface area contributed by atoms with E-state index in [4.69, 9.17) is 0 Å². The van der Waals surface area contributed by atoms with Gasteiger partial charge in [-0.25, -0.2) is 0 Å². The molecule has 3 nitrogen and oxygen atoms in total.